The summed E-state index contributed by atoms with van der Waals surface area (Å²) in [4.78, 5) is 24.8. The van der Waals surface area contributed by atoms with Crippen LogP contribution in [0.1, 0.15) is 46.1 Å². The van der Waals surface area contributed by atoms with Crippen LogP contribution in [0.25, 0.3) is 5.69 Å². The molecule has 3 rings (SSSR count). The van der Waals surface area contributed by atoms with Gasteiger partial charge >= 0.3 is 12.1 Å². The molecule has 1 aromatic heterocycles. The number of carbonyl (C=O) groups excluding carboxylic acids is 2. The number of aromatic nitrogens is 2. The molecule has 6 nitrogen and oxygen atoms in total. The molecule has 180 valence electrons. The van der Waals surface area contributed by atoms with E-state index in [9.17, 15) is 22.8 Å². The first kappa shape index (κ1) is 25.0. The van der Waals surface area contributed by atoms with E-state index in [4.69, 9.17) is 4.74 Å². The second kappa shape index (κ2) is 10.1. The summed E-state index contributed by atoms with van der Waals surface area (Å²) in [7, 11) is 1.28. The van der Waals surface area contributed by atoms with Crippen molar-refractivity contribution >= 4 is 11.9 Å². The summed E-state index contributed by atoms with van der Waals surface area (Å²) in [5, 5.41) is 7.23. The molecule has 1 atom stereocenters. The van der Waals surface area contributed by atoms with Crippen LogP contribution in [0.4, 0.5) is 13.2 Å². The van der Waals surface area contributed by atoms with E-state index in [-0.39, 0.29) is 24.4 Å². The molecule has 1 heterocycles. The quantitative estimate of drug-likeness (QED) is 0.502. The fraction of sp³-hybridized carbons (Fsp3) is 0.320. The lowest BCUT2D eigenvalue weighted by molar-refractivity contribution is -0.141. The van der Waals surface area contributed by atoms with Crippen molar-refractivity contribution in [2.24, 2.45) is 0 Å². The average molecular weight is 473 g/mol. The normalized spacial score (nSPS) is 12.3. The van der Waals surface area contributed by atoms with Crippen molar-refractivity contribution in [1.82, 2.24) is 15.1 Å². The Morgan fingerprint density at radius 2 is 1.76 bits per heavy atom. The van der Waals surface area contributed by atoms with Crippen molar-refractivity contribution in [3.05, 3.63) is 82.2 Å². The maximum absolute atomic E-state index is 13.1. The third-order valence-corrected chi connectivity index (χ3v) is 5.61. The molecule has 0 bridgehead atoms. The van der Waals surface area contributed by atoms with Crippen molar-refractivity contribution in [2.45, 2.75) is 45.8 Å². The molecule has 0 saturated heterocycles. The number of hydrogen-bond donors (Lipinski definition) is 1. The van der Waals surface area contributed by atoms with Gasteiger partial charge in [-0.15, -0.1) is 0 Å². The van der Waals surface area contributed by atoms with Gasteiger partial charge in [0.1, 0.15) is 0 Å². The van der Waals surface area contributed by atoms with Crippen molar-refractivity contribution in [1.29, 1.82) is 0 Å². The molecule has 0 saturated carbocycles. The van der Waals surface area contributed by atoms with Crippen molar-refractivity contribution in [2.75, 3.05) is 7.11 Å². The lowest BCUT2D eigenvalue weighted by Gasteiger charge is -2.18. The van der Waals surface area contributed by atoms with Gasteiger partial charge in [-0.3, -0.25) is 9.59 Å². The zero-order valence-corrected chi connectivity index (χ0v) is 19.4. The Morgan fingerprint density at radius 3 is 2.38 bits per heavy atom. The number of halogens is 3. The van der Waals surface area contributed by atoms with Gasteiger partial charge in [-0.25, -0.2) is 4.68 Å². The van der Waals surface area contributed by atoms with E-state index in [2.05, 4.69) is 10.4 Å². The first-order valence-corrected chi connectivity index (χ1v) is 10.6. The lowest BCUT2D eigenvalue weighted by atomic mass is 10.0. The molecule has 0 spiro atoms. The molecule has 0 fully saturated rings. The van der Waals surface area contributed by atoms with Crippen LogP contribution < -0.4 is 5.32 Å². The van der Waals surface area contributed by atoms with E-state index in [0.29, 0.717) is 17.0 Å². The fourth-order valence-electron chi connectivity index (χ4n) is 3.70. The van der Waals surface area contributed by atoms with E-state index in [1.54, 1.807) is 13.8 Å². The minimum atomic E-state index is -4.47. The minimum absolute atomic E-state index is 0.0350. The number of rotatable bonds is 7. The number of benzene rings is 2. The van der Waals surface area contributed by atoms with Crippen LogP contribution in [0.2, 0.25) is 0 Å². The van der Waals surface area contributed by atoms with E-state index < -0.39 is 23.8 Å². The molecule has 1 N–H and O–H groups in total. The summed E-state index contributed by atoms with van der Waals surface area (Å²) in [6.45, 7) is 5.34. The SMILES string of the molecule is COC(=O)CC(NC(=O)Cc1c(C)nn(-c2cccc(C(F)(F)F)c2)c1C)c1ccc(C)cc1. The average Bonchev–Trinajstić information content (AvgIpc) is 3.07. The van der Waals surface area contributed by atoms with Crippen LogP contribution >= 0.6 is 0 Å². The number of carbonyl (C=O) groups is 2. The Hall–Kier alpha value is -3.62. The third kappa shape index (κ3) is 5.84. The van der Waals surface area contributed by atoms with E-state index in [0.717, 1.165) is 23.3 Å². The van der Waals surface area contributed by atoms with Crippen LogP contribution in [0.5, 0.6) is 0 Å². The molecule has 1 amide bonds. The number of ether oxygens (including phenoxy) is 1. The predicted molar refractivity (Wildman–Crippen MR) is 120 cm³/mol. The van der Waals surface area contributed by atoms with E-state index in [1.165, 1.54) is 23.9 Å². The van der Waals surface area contributed by atoms with Crippen molar-refractivity contribution in [3.63, 3.8) is 0 Å². The van der Waals surface area contributed by atoms with Gasteiger partial charge in [0.25, 0.3) is 0 Å². The molecular weight excluding hydrogens is 447 g/mol. The molecule has 2 aromatic carbocycles. The van der Waals surface area contributed by atoms with Gasteiger partial charge in [-0.2, -0.15) is 18.3 Å². The smallest absolute Gasteiger partial charge is 0.416 e. The molecule has 9 heteroatoms. The molecule has 0 aliphatic rings. The third-order valence-electron chi connectivity index (χ3n) is 5.61. The molecule has 3 aromatic rings. The molecule has 0 aliphatic heterocycles. The fourth-order valence-corrected chi connectivity index (χ4v) is 3.70. The first-order valence-electron chi connectivity index (χ1n) is 10.6. The Bertz CT molecular complexity index is 1180. The number of hydrogen-bond acceptors (Lipinski definition) is 4. The highest BCUT2D eigenvalue weighted by Crippen LogP contribution is 2.31. The van der Waals surface area contributed by atoms with Crippen LogP contribution in [-0.2, 0) is 26.9 Å². The monoisotopic (exact) mass is 473 g/mol. The highest BCUT2D eigenvalue weighted by atomic mass is 19.4. The van der Waals surface area contributed by atoms with Gasteiger partial charge in [-0.1, -0.05) is 35.9 Å². The Balaban J connectivity index is 1.83. The van der Waals surface area contributed by atoms with Gasteiger partial charge in [0.15, 0.2) is 0 Å². The number of aryl methyl sites for hydroxylation is 2. The second-order valence-corrected chi connectivity index (χ2v) is 8.10. The predicted octanol–water partition coefficient (Wildman–Crippen LogP) is 4.78. The van der Waals surface area contributed by atoms with Crippen LogP contribution in [0.15, 0.2) is 48.5 Å². The zero-order chi connectivity index (χ0) is 25.0. The number of nitrogens with one attached hydrogen (secondary N) is 1. The van der Waals surface area contributed by atoms with Gasteiger partial charge in [-0.05, 0) is 44.5 Å². The van der Waals surface area contributed by atoms with Crippen LogP contribution in [-0.4, -0.2) is 28.8 Å². The highest BCUT2D eigenvalue weighted by molar-refractivity contribution is 5.80. The molecule has 34 heavy (non-hydrogen) atoms. The maximum atomic E-state index is 13.1. The zero-order valence-electron chi connectivity index (χ0n) is 19.4. The molecule has 0 radical (unpaired) electrons. The number of esters is 1. The summed E-state index contributed by atoms with van der Waals surface area (Å²) >= 11 is 0. The molecular formula is C25H26F3N3O3. The second-order valence-electron chi connectivity index (χ2n) is 8.10. The number of methoxy groups -OCH3 is 1. The number of nitrogens with zero attached hydrogens (tertiary/aromatic N) is 2. The van der Waals surface area contributed by atoms with E-state index in [1.807, 2.05) is 31.2 Å². The van der Waals surface area contributed by atoms with Gasteiger partial charge < -0.3 is 10.1 Å². The van der Waals surface area contributed by atoms with Crippen molar-refractivity contribution < 1.29 is 27.5 Å². The summed E-state index contributed by atoms with van der Waals surface area (Å²) in [5.41, 5.74) is 2.98. The van der Waals surface area contributed by atoms with Gasteiger partial charge in [0.2, 0.25) is 5.91 Å². The van der Waals surface area contributed by atoms with Gasteiger partial charge in [0.05, 0.1) is 42.9 Å². The Kier molecular flexibility index (Phi) is 7.44. The number of alkyl halides is 3. The molecule has 1 unspecified atom stereocenters. The van der Waals surface area contributed by atoms with Gasteiger partial charge in [0, 0.05) is 11.3 Å². The van der Waals surface area contributed by atoms with Crippen molar-refractivity contribution in [3.8, 4) is 5.69 Å². The standard InChI is InChI=1S/C25H26F3N3O3/c1-15-8-10-18(11-9-15)22(14-24(33)34-4)29-23(32)13-21-16(2)30-31(17(21)3)20-7-5-6-19(12-20)25(26,27)28/h5-12,22H,13-14H2,1-4H3,(H,29,32). The Morgan fingerprint density at radius 1 is 1.09 bits per heavy atom. The topological polar surface area (TPSA) is 73.2 Å². The largest absolute Gasteiger partial charge is 0.469 e. The summed E-state index contributed by atoms with van der Waals surface area (Å²) in [5.74, 6) is -0.806. The lowest BCUT2D eigenvalue weighted by Crippen LogP contribution is -2.31. The molecule has 0 aliphatic carbocycles. The van der Waals surface area contributed by atoms with E-state index >= 15 is 0 Å². The first-order chi connectivity index (χ1) is 16.0. The van der Waals surface area contributed by atoms with Crippen LogP contribution in [0.3, 0.4) is 0 Å². The summed E-state index contributed by atoms with van der Waals surface area (Å²) in [6, 6.07) is 11.7. The maximum Gasteiger partial charge on any atom is 0.416 e. The summed E-state index contributed by atoms with van der Waals surface area (Å²) < 4.78 is 45.5. The minimum Gasteiger partial charge on any atom is -0.469 e. The van der Waals surface area contributed by atoms with Crippen LogP contribution in [0, 0.1) is 20.8 Å². The summed E-state index contributed by atoms with van der Waals surface area (Å²) in [6.07, 6.45) is -4.55. The number of amides is 1. The highest BCUT2D eigenvalue weighted by Gasteiger charge is 2.31. The Labute approximate surface area is 195 Å².